The lowest BCUT2D eigenvalue weighted by Gasteiger charge is -2.33. The number of para-hydroxylation sites is 2. The van der Waals surface area contributed by atoms with Crippen molar-refractivity contribution in [2.45, 2.75) is 327 Å². The molecule has 0 spiro atoms. The Bertz CT molecular complexity index is 4330. The number of rotatable bonds is 46. The van der Waals surface area contributed by atoms with Crippen LogP contribution in [0.1, 0.15) is 345 Å². The van der Waals surface area contributed by atoms with Gasteiger partial charge in [-0.1, -0.05) is 396 Å². The Morgan fingerprint density at radius 1 is 0.250 bits per heavy atom. The van der Waals surface area contributed by atoms with Gasteiger partial charge < -0.3 is 4.57 Å². The van der Waals surface area contributed by atoms with Gasteiger partial charge in [0.25, 0.3) is 0 Å². The van der Waals surface area contributed by atoms with Crippen LogP contribution in [0.2, 0.25) is 0 Å². The Morgan fingerprint density at radius 3 is 0.787 bits per heavy atom. The SMILES string of the molecule is CCCCCCCCC1(CCCCCCCC)c2cc(Br)ccc2-c2ccc(-c3nc(-c4ccc5c(c4)C(CCCCCCCC)(CCCCCCCC)c4cc(Br)ccc4-5)nc(-c4ccc5c(c4)C(CCCCCCCC)(CCCCCCCC)c4cc(-n6c7ccccc7c7ccccc76)ccc4-5)n3)cc21. The molecule has 2 aromatic heterocycles. The number of hydrogen-bond donors (Lipinski definition) is 0. The molecule has 0 saturated carbocycles. The first-order valence-electron chi connectivity index (χ1n) is 44.1. The summed E-state index contributed by atoms with van der Waals surface area (Å²) in [5.41, 5.74) is 23.9. The normalized spacial score (nSPS) is 14.0. The maximum Gasteiger partial charge on any atom is 0.164 e. The van der Waals surface area contributed by atoms with E-state index >= 15 is 0 Å². The van der Waals surface area contributed by atoms with Crippen molar-refractivity contribution in [3.8, 4) is 73.2 Å². The van der Waals surface area contributed by atoms with E-state index in [-0.39, 0.29) is 16.2 Å². The van der Waals surface area contributed by atoms with E-state index in [0.29, 0.717) is 0 Å². The molecule has 0 saturated heterocycles. The maximum atomic E-state index is 5.93. The highest BCUT2D eigenvalue weighted by Gasteiger charge is 2.46. The van der Waals surface area contributed by atoms with E-state index in [2.05, 4.69) is 236 Å². The second-order valence-electron chi connectivity index (χ2n) is 33.4. The molecule has 13 rings (SSSR count). The van der Waals surface area contributed by atoms with Crippen LogP contribution in [-0.4, -0.2) is 19.5 Å². The number of nitrogens with zero attached hydrogens (tertiary/aromatic N) is 4. The van der Waals surface area contributed by atoms with Crippen LogP contribution in [0.25, 0.3) is 95.0 Å². The Balaban J connectivity index is 0.996. The van der Waals surface area contributed by atoms with Gasteiger partial charge in [-0.25, -0.2) is 15.0 Å². The molecule has 8 aromatic carbocycles. The van der Waals surface area contributed by atoms with Crippen molar-refractivity contribution in [2.24, 2.45) is 0 Å². The molecular formula is C102H128Br2N4. The van der Waals surface area contributed by atoms with E-state index in [1.807, 2.05) is 0 Å². The van der Waals surface area contributed by atoms with Crippen LogP contribution in [0.4, 0.5) is 0 Å². The van der Waals surface area contributed by atoms with Crippen LogP contribution in [0.5, 0.6) is 0 Å². The third-order valence-corrected chi connectivity index (χ3v) is 27.0. The third kappa shape index (κ3) is 17.4. The van der Waals surface area contributed by atoms with E-state index in [0.717, 1.165) is 72.7 Å². The van der Waals surface area contributed by atoms with Gasteiger partial charge in [0.15, 0.2) is 17.5 Å². The van der Waals surface area contributed by atoms with Gasteiger partial charge in [0.2, 0.25) is 0 Å². The lowest BCUT2D eigenvalue weighted by molar-refractivity contribution is 0.398. The summed E-state index contributed by atoms with van der Waals surface area (Å²) in [4.78, 5) is 17.8. The van der Waals surface area contributed by atoms with Crippen LogP contribution in [0.3, 0.4) is 0 Å². The van der Waals surface area contributed by atoms with E-state index in [1.165, 1.54) is 334 Å². The maximum absolute atomic E-state index is 5.93. The van der Waals surface area contributed by atoms with Crippen molar-refractivity contribution in [1.82, 2.24) is 19.5 Å². The van der Waals surface area contributed by atoms with Gasteiger partial charge in [0, 0.05) is 58.3 Å². The average molecular weight is 1570 g/mol. The number of fused-ring (bicyclic) bond motifs is 12. The van der Waals surface area contributed by atoms with Gasteiger partial charge in [-0.15, -0.1) is 0 Å². The lowest BCUT2D eigenvalue weighted by atomic mass is 9.70. The van der Waals surface area contributed by atoms with Crippen molar-refractivity contribution in [1.29, 1.82) is 0 Å². The second kappa shape index (κ2) is 38.6. The largest absolute Gasteiger partial charge is 0.309 e. The highest BCUT2D eigenvalue weighted by Crippen LogP contribution is 2.59. The smallest absolute Gasteiger partial charge is 0.164 e. The standard InChI is InChI=1S/C102H128Br2N4/c1-7-13-19-25-31-41-63-100(64-42-32-26-20-14-8-2)89-69-75(51-57-81(89)84-60-54-78(103)72-92(84)100)97-105-98(76-52-58-82-85-61-55-79(104)73-93(85)101(90(82)70-76,65-43-33-27-21-15-9-3)66-44-34-28-22-16-10-4)107-99(106-97)77-53-59-83-86-62-56-80(108-95-49-39-37-47-87(95)88-48-38-40-50-96(88)108)74-94(86)102(91(83)71-77,67-45-35-29-23-17-11-5)68-46-36-30-24-18-12-6/h37-40,47-62,69-74H,7-36,41-46,63-68H2,1-6H3. The molecular weight excluding hydrogens is 1440 g/mol. The lowest BCUT2D eigenvalue weighted by Crippen LogP contribution is -2.26. The molecule has 6 heteroatoms. The molecule has 3 aliphatic rings. The van der Waals surface area contributed by atoms with Crippen molar-refractivity contribution >= 4 is 53.7 Å². The van der Waals surface area contributed by atoms with Crippen LogP contribution in [-0.2, 0) is 16.2 Å². The van der Waals surface area contributed by atoms with Gasteiger partial charge in [-0.3, -0.25) is 0 Å². The van der Waals surface area contributed by atoms with Crippen molar-refractivity contribution < 1.29 is 0 Å². The molecule has 0 fully saturated rings. The molecule has 0 N–H and O–H groups in total. The average Bonchev–Trinajstić information content (AvgIpc) is 1.62. The fourth-order valence-electron chi connectivity index (χ4n) is 20.2. The van der Waals surface area contributed by atoms with E-state index in [1.54, 1.807) is 0 Å². The number of halogens is 2. The minimum atomic E-state index is -0.206. The quantitative estimate of drug-likeness (QED) is 0.0357. The van der Waals surface area contributed by atoms with Crippen molar-refractivity contribution in [2.75, 3.05) is 0 Å². The van der Waals surface area contributed by atoms with Crippen molar-refractivity contribution in [3.63, 3.8) is 0 Å². The van der Waals surface area contributed by atoms with E-state index in [9.17, 15) is 0 Å². The predicted molar refractivity (Wildman–Crippen MR) is 472 cm³/mol. The molecule has 2 heterocycles. The molecule has 570 valence electrons. The predicted octanol–water partition coefficient (Wildman–Crippen LogP) is 32.8. The summed E-state index contributed by atoms with van der Waals surface area (Å²) in [5.74, 6) is 2.31. The highest BCUT2D eigenvalue weighted by molar-refractivity contribution is 9.10. The monoisotopic (exact) mass is 1570 g/mol. The van der Waals surface area contributed by atoms with Gasteiger partial charge >= 0.3 is 0 Å². The Kier molecular flexibility index (Phi) is 28.5. The number of benzene rings is 8. The first kappa shape index (κ1) is 79.6. The van der Waals surface area contributed by atoms with Gasteiger partial charge in [-0.2, -0.15) is 0 Å². The summed E-state index contributed by atoms with van der Waals surface area (Å²) in [7, 11) is 0. The van der Waals surface area contributed by atoms with Crippen molar-refractivity contribution in [3.05, 3.63) is 200 Å². The Labute approximate surface area is 669 Å². The number of aromatic nitrogens is 4. The van der Waals surface area contributed by atoms with Crippen LogP contribution < -0.4 is 0 Å². The minimum absolute atomic E-state index is 0.121. The molecule has 4 nitrogen and oxygen atoms in total. The Morgan fingerprint density at radius 2 is 0.491 bits per heavy atom. The zero-order valence-electron chi connectivity index (χ0n) is 67.3. The van der Waals surface area contributed by atoms with Gasteiger partial charge in [-0.05, 0) is 172 Å². The third-order valence-electron chi connectivity index (χ3n) is 26.0. The zero-order chi connectivity index (χ0) is 74.7. The molecule has 3 aliphatic carbocycles. The first-order valence-corrected chi connectivity index (χ1v) is 45.7. The molecule has 0 amide bonds. The molecule has 0 unspecified atom stereocenters. The van der Waals surface area contributed by atoms with Crippen LogP contribution >= 0.6 is 31.9 Å². The summed E-state index contributed by atoms with van der Waals surface area (Å²) >= 11 is 8.11. The molecule has 108 heavy (non-hydrogen) atoms. The molecule has 0 aliphatic heterocycles. The number of hydrogen-bond acceptors (Lipinski definition) is 3. The zero-order valence-corrected chi connectivity index (χ0v) is 70.4. The fraction of sp³-hybridized carbons (Fsp3) is 0.500. The summed E-state index contributed by atoms with van der Waals surface area (Å²) in [5, 5.41) is 2.61. The summed E-state index contributed by atoms with van der Waals surface area (Å²) in [6, 6.07) is 62.5. The Hall–Kier alpha value is -6.47. The van der Waals surface area contributed by atoms with Gasteiger partial charge in [0.1, 0.15) is 0 Å². The number of unbranched alkanes of at least 4 members (excludes halogenated alkanes) is 30. The topological polar surface area (TPSA) is 43.6 Å². The van der Waals surface area contributed by atoms with E-state index in [4.69, 9.17) is 15.0 Å². The van der Waals surface area contributed by atoms with Gasteiger partial charge in [0.05, 0.1) is 11.0 Å². The molecule has 0 radical (unpaired) electrons. The molecule has 0 bridgehead atoms. The van der Waals surface area contributed by atoms with Crippen LogP contribution in [0.15, 0.2) is 167 Å². The summed E-state index contributed by atoms with van der Waals surface area (Å²) in [6.07, 6.45) is 52.8. The highest BCUT2D eigenvalue weighted by atomic mass is 79.9. The molecule has 0 atom stereocenters. The van der Waals surface area contributed by atoms with Crippen LogP contribution in [0, 0.1) is 0 Å². The second-order valence-corrected chi connectivity index (χ2v) is 35.3. The summed E-state index contributed by atoms with van der Waals surface area (Å²) in [6.45, 7) is 14.1. The first-order chi connectivity index (χ1) is 53.1. The summed E-state index contributed by atoms with van der Waals surface area (Å²) < 4.78 is 4.91. The fourth-order valence-corrected chi connectivity index (χ4v) is 20.9. The molecule has 10 aromatic rings. The van der Waals surface area contributed by atoms with E-state index < -0.39 is 0 Å². The minimum Gasteiger partial charge on any atom is -0.309 e.